The van der Waals surface area contributed by atoms with Crippen molar-refractivity contribution in [2.45, 2.75) is 43.7 Å². The van der Waals surface area contributed by atoms with Gasteiger partial charge < -0.3 is 5.11 Å². The van der Waals surface area contributed by atoms with Crippen molar-refractivity contribution >= 4 is 49.2 Å². The van der Waals surface area contributed by atoms with E-state index >= 15 is 0 Å². The number of hydrogen-bond donors (Lipinski definition) is 2. The van der Waals surface area contributed by atoms with E-state index in [9.17, 15) is 13.5 Å². The summed E-state index contributed by atoms with van der Waals surface area (Å²) in [5.74, 6) is 0. The van der Waals surface area contributed by atoms with E-state index in [1.54, 1.807) is 13.8 Å². The molecular formula is C12H16BrCl2NO3S. The van der Waals surface area contributed by atoms with Gasteiger partial charge in [0.05, 0.1) is 21.2 Å². The van der Waals surface area contributed by atoms with Gasteiger partial charge >= 0.3 is 0 Å². The summed E-state index contributed by atoms with van der Waals surface area (Å²) < 4.78 is 27.9. The van der Waals surface area contributed by atoms with E-state index in [0.29, 0.717) is 4.47 Å². The first kappa shape index (κ1) is 18.2. The molecule has 2 N–H and O–H groups in total. The maximum Gasteiger partial charge on any atom is 0.244 e. The second kappa shape index (κ2) is 5.74. The van der Waals surface area contributed by atoms with Crippen LogP contribution < -0.4 is 4.72 Å². The molecule has 0 aliphatic carbocycles. The zero-order valence-corrected chi connectivity index (χ0v) is 15.4. The van der Waals surface area contributed by atoms with Gasteiger partial charge in [-0.1, -0.05) is 39.1 Å². The van der Waals surface area contributed by atoms with Crippen molar-refractivity contribution in [3.05, 3.63) is 26.7 Å². The Morgan fingerprint density at radius 1 is 1.15 bits per heavy atom. The topological polar surface area (TPSA) is 66.4 Å². The molecule has 0 amide bonds. The summed E-state index contributed by atoms with van der Waals surface area (Å²) in [5.41, 5.74) is -2.38. The molecule has 0 saturated carbocycles. The molecule has 0 unspecified atom stereocenters. The van der Waals surface area contributed by atoms with E-state index in [1.165, 1.54) is 26.0 Å². The standard InChI is InChI=1S/C12H16BrCl2NO3S/c1-11(2,12(3,4)17)16-20(18,19)10-8(14)5-7(13)6-9(10)15/h5-6,16-17H,1-4H3. The Balaban J connectivity index is 3.34. The summed E-state index contributed by atoms with van der Waals surface area (Å²) in [5, 5.41) is 10.0. The van der Waals surface area contributed by atoms with Crippen LogP contribution in [0.3, 0.4) is 0 Å². The fourth-order valence-electron chi connectivity index (χ4n) is 1.30. The maximum atomic E-state index is 12.4. The van der Waals surface area contributed by atoms with Crippen LogP contribution in [0, 0.1) is 0 Å². The molecule has 20 heavy (non-hydrogen) atoms. The van der Waals surface area contributed by atoms with Crippen molar-refractivity contribution in [1.29, 1.82) is 0 Å². The fraction of sp³-hybridized carbons (Fsp3) is 0.500. The van der Waals surface area contributed by atoms with Crippen molar-refractivity contribution in [3.8, 4) is 0 Å². The highest BCUT2D eigenvalue weighted by Crippen LogP contribution is 2.34. The molecule has 0 bridgehead atoms. The third-order valence-electron chi connectivity index (χ3n) is 3.15. The Morgan fingerprint density at radius 3 is 1.90 bits per heavy atom. The molecule has 0 heterocycles. The van der Waals surface area contributed by atoms with Gasteiger partial charge in [-0.25, -0.2) is 13.1 Å². The fourth-order valence-corrected chi connectivity index (χ4v) is 4.77. The van der Waals surface area contributed by atoms with Crippen LogP contribution in [0.2, 0.25) is 10.0 Å². The largest absolute Gasteiger partial charge is 0.389 e. The van der Waals surface area contributed by atoms with Gasteiger partial charge in [-0.15, -0.1) is 0 Å². The van der Waals surface area contributed by atoms with Crippen LogP contribution in [0.25, 0.3) is 0 Å². The molecule has 0 aromatic heterocycles. The monoisotopic (exact) mass is 403 g/mol. The van der Waals surface area contributed by atoms with Gasteiger partial charge in [-0.3, -0.25) is 0 Å². The second-order valence-corrected chi connectivity index (χ2v) is 8.84. The van der Waals surface area contributed by atoms with Gasteiger partial charge in [0, 0.05) is 4.47 Å². The molecule has 0 spiro atoms. The first-order valence-electron chi connectivity index (χ1n) is 5.69. The average molecular weight is 405 g/mol. The third-order valence-corrected chi connectivity index (χ3v) is 6.19. The number of sulfonamides is 1. The van der Waals surface area contributed by atoms with Gasteiger partial charge in [0.2, 0.25) is 10.0 Å². The highest BCUT2D eigenvalue weighted by molar-refractivity contribution is 9.10. The lowest BCUT2D eigenvalue weighted by Gasteiger charge is -2.37. The summed E-state index contributed by atoms with van der Waals surface area (Å²) in [6.45, 7) is 6.18. The molecule has 0 fully saturated rings. The first-order valence-corrected chi connectivity index (χ1v) is 8.72. The lowest BCUT2D eigenvalue weighted by atomic mass is 9.87. The molecule has 0 radical (unpaired) electrons. The van der Waals surface area contributed by atoms with Gasteiger partial charge in [0.25, 0.3) is 0 Å². The number of nitrogens with one attached hydrogen (secondary N) is 1. The molecule has 0 aliphatic rings. The normalized spacial score (nSPS) is 13.6. The maximum absolute atomic E-state index is 12.4. The predicted octanol–water partition coefficient (Wildman–Crippen LogP) is 3.58. The van der Waals surface area contributed by atoms with Crippen molar-refractivity contribution in [2.75, 3.05) is 0 Å². The van der Waals surface area contributed by atoms with Gasteiger partial charge in [0.15, 0.2) is 0 Å². The number of rotatable bonds is 4. The summed E-state index contributed by atoms with van der Waals surface area (Å²) in [4.78, 5) is -0.207. The van der Waals surface area contributed by atoms with E-state index in [1.807, 2.05) is 0 Å². The van der Waals surface area contributed by atoms with Crippen molar-refractivity contribution < 1.29 is 13.5 Å². The van der Waals surface area contributed by atoms with Crippen LogP contribution in [-0.4, -0.2) is 24.7 Å². The van der Waals surface area contributed by atoms with Crippen LogP contribution in [0.1, 0.15) is 27.7 Å². The quantitative estimate of drug-likeness (QED) is 0.805. The van der Waals surface area contributed by atoms with E-state index in [0.717, 1.165) is 0 Å². The number of aliphatic hydroxyl groups is 1. The minimum absolute atomic E-state index is 0.00317. The van der Waals surface area contributed by atoms with Crippen molar-refractivity contribution in [3.63, 3.8) is 0 Å². The van der Waals surface area contributed by atoms with E-state index in [2.05, 4.69) is 20.7 Å². The molecule has 1 rings (SSSR count). The third kappa shape index (κ3) is 3.87. The minimum atomic E-state index is -3.97. The molecule has 0 saturated heterocycles. The number of hydrogen-bond acceptors (Lipinski definition) is 3. The highest BCUT2D eigenvalue weighted by atomic mass is 79.9. The molecule has 4 nitrogen and oxygen atoms in total. The average Bonchev–Trinajstić information content (AvgIpc) is 2.09. The molecule has 0 atom stereocenters. The van der Waals surface area contributed by atoms with Gasteiger partial charge in [0.1, 0.15) is 4.90 Å². The number of halogens is 3. The van der Waals surface area contributed by atoms with Crippen LogP contribution >= 0.6 is 39.1 Å². The van der Waals surface area contributed by atoms with E-state index in [4.69, 9.17) is 23.2 Å². The highest BCUT2D eigenvalue weighted by Gasteiger charge is 2.39. The molecule has 1 aromatic carbocycles. The van der Waals surface area contributed by atoms with Crippen LogP contribution in [-0.2, 0) is 10.0 Å². The predicted molar refractivity (Wildman–Crippen MR) is 84.9 cm³/mol. The lowest BCUT2D eigenvalue weighted by Crippen LogP contribution is -2.57. The summed E-state index contributed by atoms with van der Waals surface area (Å²) >= 11 is 15.1. The Labute approximate surface area is 137 Å². The van der Waals surface area contributed by atoms with Gasteiger partial charge in [-0.2, -0.15) is 0 Å². The van der Waals surface area contributed by atoms with Crippen LogP contribution in [0.5, 0.6) is 0 Å². The Morgan fingerprint density at radius 2 is 1.55 bits per heavy atom. The molecule has 114 valence electrons. The Bertz CT molecular complexity index is 601. The SMILES string of the molecule is CC(C)(O)C(C)(C)NS(=O)(=O)c1c(Cl)cc(Br)cc1Cl. The summed E-state index contributed by atoms with van der Waals surface area (Å²) in [6.07, 6.45) is 0. The Hall–Kier alpha value is 0.150. The molecule has 8 heteroatoms. The van der Waals surface area contributed by atoms with Crippen LogP contribution in [0.15, 0.2) is 21.5 Å². The second-order valence-electron chi connectivity index (χ2n) is 5.49. The minimum Gasteiger partial charge on any atom is -0.389 e. The summed E-state index contributed by atoms with van der Waals surface area (Å²) in [7, 11) is -3.97. The van der Waals surface area contributed by atoms with Gasteiger partial charge in [-0.05, 0) is 39.8 Å². The van der Waals surface area contributed by atoms with Crippen molar-refractivity contribution in [1.82, 2.24) is 4.72 Å². The lowest BCUT2D eigenvalue weighted by molar-refractivity contribution is 0.00639. The molecular weight excluding hydrogens is 389 g/mol. The van der Waals surface area contributed by atoms with Crippen molar-refractivity contribution in [2.24, 2.45) is 0 Å². The molecule has 0 aliphatic heterocycles. The van der Waals surface area contributed by atoms with Crippen LogP contribution in [0.4, 0.5) is 0 Å². The smallest absolute Gasteiger partial charge is 0.244 e. The van der Waals surface area contributed by atoms with E-state index < -0.39 is 21.2 Å². The molecule has 1 aromatic rings. The number of benzene rings is 1. The summed E-state index contributed by atoms with van der Waals surface area (Å²) in [6, 6.07) is 2.89. The zero-order valence-electron chi connectivity index (χ0n) is 11.5. The zero-order chi connectivity index (χ0) is 15.9. The van der Waals surface area contributed by atoms with E-state index in [-0.39, 0.29) is 14.9 Å². The Kier molecular flexibility index (Phi) is 5.22. The first-order chi connectivity index (χ1) is 8.78.